The summed E-state index contributed by atoms with van der Waals surface area (Å²) >= 11 is 3.46. The van der Waals surface area contributed by atoms with Crippen LogP contribution < -0.4 is 4.72 Å². The molecule has 0 heterocycles. The van der Waals surface area contributed by atoms with Crippen molar-refractivity contribution >= 4 is 26.0 Å². The second-order valence-corrected chi connectivity index (χ2v) is 7.71. The summed E-state index contributed by atoms with van der Waals surface area (Å²) in [6, 6.07) is 5.45. The number of benzene rings is 1. The second-order valence-electron chi connectivity index (χ2n) is 5.50. The monoisotopic (exact) mass is 345 g/mol. The van der Waals surface area contributed by atoms with Crippen molar-refractivity contribution in [3.8, 4) is 0 Å². The van der Waals surface area contributed by atoms with Gasteiger partial charge in [-0.1, -0.05) is 46.5 Å². The number of hydrogen-bond donors (Lipinski definition) is 1. The molecule has 1 aliphatic carbocycles. The van der Waals surface area contributed by atoms with Crippen molar-refractivity contribution in [1.29, 1.82) is 0 Å². The summed E-state index contributed by atoms with van der Waals surface area (Å²) in [5.41, 5.74) is 1.57. The molecular formula is C14H20BrNO2S. The zero-order valence-electron chi connectivity index (χ0n) is 11.4. The van der Waals surface area contributed by atoms with Gasteiger partial charge in [-0.25, -0.2) is 13.1 Å². The Morgan fingerprint density at radius 3 is 2.42 bits per heavy atom. The smallest absolute Gasteiger partial charge is 0.207 e. The Hall–Kier alpha value is -0.390. The van der Waals surface area contributed by atoms with Gasteiger partial charge < -0.3 is 0 Å². The SMILES string of the molecule is Cc1ccc(S(=O)(=O)NC2(CBr)CCCC2)c(C)c1. The molecule has 0 atom stereocenters. The van der Waals surface area contributed by atoms with Crippen LogP contribution in [0, 0.1) is 13.8 Å². The molecular weight excluding hydrogens is 326 g/mol. The zero-order chi connectivity index (χ0) is 14.1. The van der Waals surface area contributed by atoms with Crippen LogP contribution in [-0.2, 0) is 10.0 Å². The molecule has 0 aromatic heterocycles. The number of alkyl halides is 1. The van der Waals surface area contributed by atoms with E-state index in [1.165, 1.54) is 0 Å². The highest BCUT2D eigenvalue weighted by molar-refractivity contribution is 9.09. The Bertz CT molecular complexity index is 563. The van der Waals surface area contributed by atoms with E-state index in [1.54, 1.807) is 6.07 Å². The summed E-state index contributed by atoms with van der Waals surface area (Å²) in [6.07, 6.45) is 3.98. The fourth-order valence-corrected chi connectivity index (χ4v) is 5.33. The average molecular weight is 346 g/mol. The molecule has 1 aromatic rings. The van der Waals surface area contributed by atoms with Gasteiger partial charge in [0.15, 0.2) is 0 Å². The van der Waals surface area contributed by atoms with Gasteiger partial charge in [0, 0.05) is 10.9 Å². The van der Waals surface area contributed by atoms with E-state index in [0.717, 1.165) is 36.8 Å². The number of halogens is 1. The molecule has 106 valence electrons. The topological polar surface area (TPSA) is 46.2 Å². The van der Waals surface area contributed by atoms with E-state index in [0.29, 0.717) is 10.2 Å². The lowest BCUT2D eigenvalue weighted by atomic mass is 10.0. The number of aryl methyl sites for hydroxylation is 2. The minimum Gasteiger partial charge on any atom is -0.207 e. The van der Waals surface area contributed by atoms with Gasteiger partial charge >= 0.3 is 0 Å². The van der Waals surface area contributed by atoms with Crippen molar-refractivity contribution in [2.75, 3.05) is 5.33 Å². The van der Waals surface area contributed by atoms with Crippen LogP contribution in [0.5, 0.6) is 0 Å². The molecule has 5 heteroatoms. The lowest BCUT2D eigenvalue weighted by Gasteiger charge is -2.28. The van der Waals surface area contributed by atoms with E-state index in [-0.39, 0.29) is 5.54 Å². The van der Waals surface area contributed by atoms with Crippen molar-refractivity contribution in [2.24, 2.45) is 0 Å². The van der Waals surface area contributed by atoms with Gasteiger partial charge in [-0.15, -0.1) is 0 Å². The minimum absolute atomic E-state index is 0.309. The van der Waals surface area contributed by atoms with Crippen LogP contribution >= 0.6 is 15.9 Å². The molecule has 0 saturated heterocycles. The molecule has 1 fully saturated rings. The molecule has 0 radical (unpaired) electrons. The van der Waals surface area contributed by atoms with Gasteiger partial charge in [0.1, 0.15) is 0 Å². The Kier molecular flexibility index (Phi) is 4.38. The molecule has 0 bridgehead atoms. The van der Waals surface area contributed by atoms with E-state index in [2.05, 4.69) is 20.7 Å². The van der Waals surface area contributed by atoms with E-state index < -0.39 is 10.0 Å². The van der Waals surface area contributed by atoms with Gasteiger partial charge in [-0.3, -0.25) is 0 Å². The molecule has 1 aromatic carbocycles. The Morgan fingerprint density at radius 1 is 1.26 bits per heavy atom. The fourth-order valence-electron chi connectivity index (χ4n) is 2.76. The normalized spacial score (nSPS) is 18.7. The Morgan fingerprint density at radius 2 is 1.89 bits per heavy atom. The standard InChI is InChI=1S/C14H20BrNO2S/c1-11-5-6-13(12(2)9-11)19(17,18)16-14(10-15)7-3-4-8-14/h5-6,9,16H,3-4,7-8,10H2,1-2H3. The quantitative estimate of drug-likeness (QED) is 0.851. The van der Waals surface area contributed by atoms with E-state index in [9.17, 15) is 8.42 Å². The first-order chi connectivity index (χ1) is 8.88. The fraction of sp³-hybridized carbons (Fsp3) is 0.571. The third-order valence-electron chi connectivity index (χ3n) is 3.79. The van der Waals surface area contributed by atoms with Gasteiger partial charge in [-0.05, 0) is 38.3 Å². The Labute approximate surface area is 124 Å². The maximum atomic E-state index is 12.6. The molecule has 3 nitrogen and oxygen atoms in total. The number of hydrogen-bond acceptors (Lipinski definition) is 2. The van der Waals surface area contributed by atoms with Crippen molar-refractivity contribution in [2.45, 2.75) is 50.0 Å². The third-order valence-corrected chi connectivity index (χ3v) is 6.60. The number of nitrogens with one attached hydrogen (secondary N) is 1. The molecule has 0 spiro atoms. The molecule has 19 heavy (non-hydrogen) atoms. The maximum Gasteiger partial charge on any atom is 0.241 e. The highest BCUT2D eigenvalue weighted by atomic mass is 79.9. The predicted molar refractivity (Wildman–Crippen MR) is 81.2 cm³/mol. The molecule has 2 rings (SSSR count). The summed E-state index contributed by atoms with van der Waals surface area (Å²) in [5, 5.41) is 0.671. The number of sulfonamides is 1. The molecule has 1 aliphatic rings. The summed E-state index contributed by atoms with van der Waals surface area (Å²) in [4.78, 5) is 0.394. The first-order valence-corrected chi connectivity index (χ1v) is 9.16. The third kappa shape index (κ3) is 3.20. The summed E-state index contributed by atoms with van der Waals surface area (Å²) in [6.45, 7) is 3.81. The van der Waals surface area contributed by atoms with Crippen molar-refractivity contribution < 1.29 is 8.42 Å². The minimum atomic E-state index is -3.44. The van der Waals surface area contributed by atoms with Gasteiger partial charge in [-0.2, -0.15) is 0 Å². The highest BCUT2D eigenvalue weighted by Gasteiger charge is 2.37. The highest BCUT2D eigenvalue weighted by Crippen LogP contribution is 2.33. The van der Waals surface area contributed by atoms with Crippen molar-refractivity contribution in [1.82, 2.24) is 4.72 Å². The van der Waals surface area contributed by atoms with Crippen LogP contribution in [0.1, 0.15) is 36.8 Å². The van der Waals surface area contributed by atoms with Crippen LogP contribution in [0.3, 0.4) is 0 Å². The summed E-state index contributed by atoms with van der Waals surface area (Å²) in [5.74, 6) is 0. The lowest BCUT2D eigenvalue weighted by Crippen LogP contribution is -2.47. The Balaban J connectivity index is 2.32. The van der Waals surface area contributed by atoms with Crippen LogP contribution in [0.25, 0.3) is 0 Å². The maximum absolute atomic E-state index is 12.6. The largest absolute Gasteiger partial charge is 0.241 e. The average Bonchev–Trinajstić information content (AvgIpc) is 2.77. The zero-order valence-corrected chi connectivity index (χ0v) is 13.8. The van der Waals surface area contributed by atoms with E-state index in [4.69, 9.17) is 0 Å². The van der Waals surface area contributed by atoms with E-state index >= 15 is 0 Å². The summed E-state index contributed by atoms with van der Waals surface area (Å²) < 4.78 is 28.0. The van der Waals surface area contributed by atoms with Crippen LogP contribution in [0.2, 0.25) is 0 Å². The van der Waals surface area contributed by atoms with Crippen molar-refractivity contribution in [3.05, 3.63) is 29.3 Å². The van der Waals surface area contributed by atoms with Crippen LogP contribution in [-0.4, -0.2) is 19.3 Å². The van der Waals surface area contributed by atoms with Crippen LogP contribution in [0.15, 0.2) is 23.1 Å². The molecule has 1 saturated carbocycles. The predicted octanol–water partition coefficient (Wildman–Crippen LogP) is 3.29. The van der Waals surface area contributed by atoms with E-state index in [1.807, 2.05) is 26.0 Å². The van der Waals surface area contributed by atoms with Gasteiger partial charge in [0.05, 0.1) is 4.90 Å². The lowest BCUT2D eigenvalue weighted by molar-refractivity contribution is 0.437. The van der Waals surface area contributed by atoms with Gasteiger partial charge in [0.2, 0.25) is 10.0 Å². The molecule has 0 amide bonds. The molecule has 1 N–H and O–H groups in total. The summed E-state index contributed by atoms with van der Waals surface area (Å²) in [7, 11) is -3.44. The first kappa shape index (κ1) is 15.0. The van der Waals surface area contributed by atoms with Crippen LogP contribution in [0.4, 0.5) is 0 Å². The number of rotatable bonds is 4. The molecule has 0 unspecified atom stereocenters. The second kappa shape index (κ2) is 5.54. The van der Waals surface area contributed by atoms with Crippen molar-refractivity contribution in [3.63, 3.8) is 0 Å². The molecule has 0 aliphatic heterocycles. The van der Waals surface area contributed by atoms with Gasteiger partial charge in [0.25, 0.3) is 0 Å². The first-order valence-electron chi connectivity index (χ1n) is 6.56.